The molecule has 1 rings (SSSR count). The molecule has 1 saturated heterocycles. The summed E-state index contributed by atoms with van der Waals surface area (Å²) in [5.74, 6) is -0.243. The van der Waals surface area contributed by atoms with Crippen molar-refractivity contribution in [2.45, 2.75) is 13.3 Å². The van der Waals surface area contributed by atoms with Gasteiger partial charge in [-0.3, -0.25) is 0 Å². The normalized spacial score (nSPS) is 16.1. The maximum Gasteiger partial charge on any atom is 1.00 e. The van der Waals surface area contributed by atoms with Crippen LogP contribution in [0, 0.1) is 0 Å². The van der Waals surface area contributed by atoms with Crippen LogP contribution in [-0.2, 0) is 14.9 Å². The van der Waals surface area contributed by atoms with E-state index in [9.17, 15) is 13.0 Å². The summed E-state index contributed by atoms with van der Waals surface area (Å²) in [6, 6.07) is 0. The Bertz CT molecular complexity index is 192. The fourth-order valence-corrected chi connectivity index (χ4v) is 1.27. The van der Waals surface area contributed by atoms with E-state index in [4.69, 9.17) is 4.74 Å². The molecule has 5 nitrogen and oxygen atoms in total. The Morgan fingerprint density at radius 3 is 1.93 bits per heavy atom. The number of ether oxygens (including phenoxy) is 1. The zero-order valence-electron chi connectivity index (χ0n) is 8.78. The topological polar surface area (TPSA) is 78.5 Å². The van der Waals surface area contributed by atoms with Crippen LogP contribution in [0.4, 0.5) is 0 Å². The Balaban J connectivity index is 0. The predicted molar refractivity (Wildman–Crippen MR) is 48.5 cm³/mol. The summed E-state index contributed by atoms with van der Waals surface area (Å²) >= 11 is 0. The zero-order valence-corrected chi connectivity index (χ0v) is 12.7. The quantitative estimate of drug-likeness (QED) is 0.407. The largest absolute Gasteiger partial charge is 1.00 e. The molecular weight excluding hydrogens is 233 g/mol. The van der Waals surface area contributed by atoms with Gasteiger partial charge < -0.3 is 14.6 Å². The van der Waals surface area contributed by atoms with Crippen LogP contribution >= 0.6 is 0 Å². The second kappa shape index (κ2) is 11.0. The van der Waals surface area contributed by atoms with Gasteiger partial charge >= 0.3 is 51.4 Å². The van der Waals surface area contributed by atoms with E-state index in [1.165, 1.54) is 0 Å². The van der Waals surface area contributed by atoms with E-state index >= 15 is 0 Å². The standard InChI is InChI=1S/C4H9NO.C3H8O3S.K/c1-3-6-4-2-5-1;1-2-3-7(4,5)6;/h5H,1-4H2;2-3H2,1H3,(H,4,5,6);/q;;+1/p-1. The van der Waals surface area contributed by atoms with Crippen LogP contribution in [0.15, 0.2) is 0 Å². The van der Waals surface area contributed by atoms with Gasteiger partial charge in [0.25, 0.3) is 0 Å². The minimum absolute atomic E-state index is 0. The first kappa shape index (κ1) is 17.8. The van der Waals surface area contributed by atoms with Crippen LogP contribution in [-0.4, -0.2) is 45.0 Å². The van der Waals surface area contributed by atoms with Gasteiger partial charge in [0.15, 0.2) is 0 Å². The van der Waals surface area contributed by atoms with Gasteiger partial charge in [-0.05, 0) is 6.42 Å². The van der Waals surface area contributed by atoms with Crippen molar-refractivity contribution in [1.29, 1.82) is 0 Å². The minimum Gasteiger partial charge on any atom is -0.748 e. The molecule has 0 radical (unpaired) electrons. The van der Waals surface area contributed by atoms with Crippen LogP contribution < -0.4 is 56.7 Å². The Hall–Kier alpha value is 1.47. The maximum atomic E-state index is 9.68. The van der Waals surface area contributed by atoms with Crippen molar-refractivity contribution in [2.24, 2.45) is 0 Å². The molecule has 7 heteroatoms. The molecule has 0 aromatic heterocycles. The van der Waals surface area contributed by atoms with Gasteiger partial charge in [-0.25, -0.2) is 8.42 Å². The van der Waals surface area contributed by atoms with Gasteiger partial charge in [-0.2, -0.15) is 0 Å². The molecule has 14 heavy (non-hydrogen) atoms. The summed E-state index contributed by atoms with van der Waals surface area (Å²) in [6.45, 7) is 5.48. The SMILES string of the molecule is C1COCCN1.CCCS(=O)(=O)[O-].[K+]. The van der Waals surface area contributed by atoms with Gasteiger partial charge in [0, 0.05) is 18.8 Å². The average Bonchev–Trinajstić information content (AvgIpc) is 2.06. The Labute approximate surface area is 128 Å². The third kappa shape index (κ3) is 15.9. The van der Waals surface area contributed by atoms with Crippen LogP contribution in [0.25, 0.3) is 0 Å². The van der Waals surface area contributed by atoms with Crippen molar-refractivity contribution in [3.63, 3.8) is 0 Å². The summed E-state index contributed by atoms with van der Waals surface area (Å²) in [6.07, 6.45) is 0.409. The van der Waals surface area contributed by atoms with Gasteiger partial charge in [0.05, 0.1) is 23.3 Å². The molecule has 1 heterocycles. The van der Waals surface area contributed by atoms with Crippen LogP contribution in [0.3, 0.4) is 0 Å². The van der Waals surface area contributed by atoms with Crippen LogP contribution in [0.5, 0.6) is 0 Å². The number of morpholine rings is 1. The van der Waals surface area contributed by atoms with Gasteiger partial charge in [-0.1, -0.05) is 6.92 Å². The molecule has 1 N–H and O–H groups in total. The third-order valence-electron chi connectivity index (χ3n) is 1.30. The van der Waals surface area contributed by atoms with Gasteiger partial charge in [0.1, 0.15) is 0 Å². The summed E-state index contributed by atoms with van der Waals surface area (Å²) in [7, 11) is -3.92. The van der Waals surface area contributed by atoms with Crippen molar-refractivity contribution in [3.05, 3.63) is 0 Å². The molecule has 1 fully saturated rings. The monoisotopic (exact) mass is 249 g/mol. The van der Waals surface area contributed by atoms with E-state index in [2.05, 4.69) is 5.32 Å². The molecule has 0 atom stereocenters. The van der Waals surface area contributed by atoms with Crippen molar-refractivity contribution >= 4 is 10.1 Å². The summed E-state index contributed by atoms with van der Waals surface area (Å²) in [4.78, 5) is 0. The first-order valence-corrected chi connectivity index (χ1v) is 5.86. The molecule has 0 aromatic rings. The average molecular weight is 249 g/mol. The zero-order chi connectivity index (χ0) is 10.2. The first-order valence-electron chi connectivity index (χ1n) is 4.28. The molecule has 1 aliphatic heterocycles. The Morgan fingerprint density at radius 2 is 1.86 bits per heavy atom. The predicted octanol–water partition coefficient (Wildman–Crippen LogP) is -3.45. The van der Waals surface area contributed by atoms with E-state index in [0.717, 1.165) is 26.3 Å². The molecule has 0 saturated carbocycles. The van der Waals surface area contributed by atoms with Gasteiger partial charge in [-0.15, -0.1) is 0 Å². The molecule has 0 aromatic carbocycles. The molecule has 0 amide bonds. The van der Waals surface area contributed by atoms with E-state index in [1.807, 2.05) is 0 Å². The third-order valence-corrected chi connectivity index (χ3v) is 2.21. The number of nitrogens with one attached hydrogen (secondary N) is 1. The molecular formula is C7H16KNO4S. The number of hydrogen-bond acceptors (Lipinski definition) is 5. The van der Waals surface area contributed by atoms with Crippen molar-refractivity contribution in [3.8, 4) is 0 Å². The second-order valence-corrected chi connectivity index (χ2v) is 4.15. The van der Waals surface area contributed by atoms with E-state index in [0.29, 0.717) is 6.42 Å². The summed E-state index contributed by atoms with van der Waals surface area (Å²) in [5, 5.41) is 3.16. The second-order valence-electron chi connectivity index (χ2n) is 2.62. The number of rotatable bonds is 2. The Kier molecular flexibility index (Phi) is 14.0. The van der Waals surface area contributed by atoms with E-state index in [-0.39, 0.29) is 57.1 Å². The van der Waals surface area contributed by atoms with E-state index in [1.54, 1.807) is 6.92 Å². The van der Waals surface area contributed by atoms with Crippen molar-refractivity contribution < 1.29 is 69.1 Å². The minimum atomic E-state index is -3.92. The number of hydrogen-bond donors (Lipinski definition) is 1. The molecule has 0 unspecified atom stereocenters. The fourth-order valence-electron chi connectivity index (χ4n) is 0.766. The molecule has 0 bridgehead atoms. The van der Waals surface area contributed by atoms with Gasteiger partial charge in [0.2, 0.25) is 0 Å². The van der Waals surface area contributed by atoms with Crippen molar-refractivity contribution in [1.82, 2.24) is 5.32 Å². The molecule has 0 aliphatic carbocycles. The summed E-state index contributed by atoms with van der Waals surface area (Å²) < 4.78 is 34.0. The van der Waals surface area contributed by atoms with Crippen molar-refractivity contribution in [2.75, 3.05) is 32.1 Å². The molecule has 80 valence electrons. The smallest absolute Gasteiger partial charge is 0.748 e. The molecule has 1 aliphatic rings. The van der Waals surface area contributed by atoms with E-state index < -0.39 is 10.1 Å². The molecule has 0 spiro atoms. The summed E-state index contributed by atoms with van der Waals surface area (Å²) in [5.41, 5.74) is 0. The fraction of sp³-hybridized carbons (Fsp3) is 1.00. The van der Waals surface area contributed by atoms with Crippen LogP contribution in [0.2, 0.25) is 0 Å². The Morgan fingerprint density at radius 1 is 1.36 bits per heavy atom. The first-order chi connectivity index (χ1) is 6.06. The maximum absolute atomic E-state index is 9.68. The van der Waals surface area contributed by atoms with Crippen LogP contribution in [0.1, 0.15) is 13.3 Å².